The number of thiazole rings is 1. The Kier molecular flexibility index (Phi) is 7.14. The van der Waals surface area contributed by atoms with Crippen LogP contribution in [-0.2, 0) is 6.18 Å². The van der Waals surface area contributed by atoms with Gasteiger partial charge in [-0.05, 0) is 43.2 Å². The molecule has 194 valence electrons. The van der Waals surface area contributed by atoms with Crippen molar-refractivity contribution in [3.05, 3.63) is 76.0 Å². The van der Waals surface area contributed by atoms with E-state index < -0.39 is 11.7 Å². The second-order valence-corrected chi connectivity index (χ2v) is 10.1. The van der Waals surface area contributed by atoms with Crippen LogP contribution in [0.4, 0.5) is 18.9 Å². The number of pyridine rings is 1. The van der Waals surface area contributed by atoms with E-state index in [-0.39, 0.29) is 17.7 Å². The molecule has 0 radical (unpaired) electrons. The van der Waals surface area contributed by atoms with Crippen molar-refractivity contribution in [2.75, 3.05) is 44.2 Å². The molecule has 0 bridgehead atoms. The van der Waals surface area contributed by atoms with E-state index in [1.807, 2.05) is 9.80 Å². The summed E-state index contributed by atoms with van der Waals surface area (Å²) in [6.45, 7) is 2.98. The number of aromatic nitrogens is 2. The molecule has 0 saturated carbocycles. The fourth-order valence-corrected chi connectivity index (χ4v) is 5.75. The Bertz CT molecular complexity index is 1250. The van der Waals surface area contributed by atoms with Crippen molar-refractivity contribution in [2.24, 2.45) is 0 Å². The van der Waals surface area contributed by atoms with Gasteiger partial charge in [-0.3, -0.25) is 14.6 Å². The highest BCUT2D eigenvalue weighted by Crippen LogP contribution is 2.33. The number of nitrogens with zero attached hydrogens (tertiary/aromatic N) is 5. The summed E-state index contributed by atoms with van der Waals surface area (Å²) in [4.78, 5) is 39.8. The number of rotatable bonds is 4. The topological polar surface area (TPSA) is 69.6 Å². The standard InChI is InChI=1S/C26H26F3N5O2S/c27-26(28,29)20-4-1-5-21(15-20)32-11-13-34(14-12-32)25(36)22-17-37-23(31-22)18-6-9-33(10-7-18)24(35)19-3-2-8-30-16-19/h1-5,8,15-18H,6-7,9-14H2. The fourth-order valence-electron chi connectivity index (χ4n) is 4.78. The molecule has 5 rings (SSSR count). The number of piperazine rings is 1. The number of likely N-dealkylation sites (tertiary alicyclic amines) is 1. The first-order valence-electron chi connectivity index (χ1n) is 12.2. The summed E-state index contributed by atoms with van der Waals surface area (Å²) in [5.74, 6) is 0.0171. The van der Waals surface area contributed by atoms with Crippen molar-refractivity contribution >= 4 is 28.8 Å². The lowest BCUT2D eigenvalue weighted by Crippen LogP contribution is -2.49. The molecule has 2 aromatic heterocycles. The normalized spacial score (nSPS) is 17.2. The number of halogens is 3. The maximum absolute atomic E-state index is 13.1. The molecule has 2 fully saturated rings. The molecule has 2 saturated heterocycles. The molecule has 2 aliphatic rings. The Morgan fingerprint density at radius 1 is 0.919 bits per heavy atom. The van der Waals surface area contributed by atoms with Gasteiger partial charge >= 0.3 is 6.18 Å². The molecule has 0 atom stereocenters. The summed E-state index contributed by atoms with van der Waals surface area (Å²) in [5, 5.41) is 2.68. The predicted molar refractivity (Wildman–Crippen MR) is 134 cm³/mol. The van der Waals surface area contributed by atoms with Crippen LogP contribution in [-0.4, -0.2) is 70.9 Å². The third kappa shape index (κ3) is 5.61. The summed E-state index contributed by atoms with van der Waals surface area (Å²) >= 11 is 1.47. The first-order valence-corrected chi connectivity index (χ1v) is 13.0. The van der Waals surface area contributed by atoms with Gasteiger partial charge in [-0.25, -0.2) is 4.98 Å². The lowest BCUT2D eigenvalue weighted by atomic mass is 9.97. The van der Waals surface area contributed by atoms with Gasteiger partial charge in [0.1, 0.15) is 5.69 Å². The fraction of sp³-hybridized carbons (Fsp3) is 0.385. The average molecular weight is 530 g/mol. The molecule has 37 heavy (non-hydrogen) atoms. The van der Waals surface area contributed by atoms with Crippen LogP contribution in [0.1, 0.15) is 50.2 Å². The number of hydrogen-bond donors (Lipinski definition) is 0. The van der Waals surface area contributed by atoms with Crippen LogP contribution < -0.4 is 4.90 Å². The third-order valence-corrected chi connectivity index (χ3v) is 7.89. The number of anilines is 1. The molecular formula is C26H26F3N5O2S. The van der Waals surface area contributed by atoms with Crippen LogP contribution in [0.25, 0.3) is 0 Å². The van der Waals surface area contributed by atoms with E-state index in [4.69, 9.17) is 0 Å². The second kappa shape index (κ2) is 10.5. The maximum atomic E-state index is 13.1. The molecule has 11 heteroatoms. The number of benzene rings is 1. The molecule has 1 aromatic carbocycles. The summed E-state index contributed by atoms with van der Waals surface area (Å²) < 4.78 is 39.2. The van der Waals surface area contributed by atoms with E-state index in [1.54, 1.807) is 40.9 Å². The van der Waals surface area contributed by atoms with Gasteiger partial charge in [0.05, 0.1) is 16.1 Å². The highest BCUT2D eigenvalue weighted by Gasteiger charge is 2.32. The number of hydrogen-bond acceptors (Lipinski definition) is 6. The van der Waals surface area contributed by atoms with Gasteiger partial charge in [0.15, 0.2) is 0 Å². The van der Waals surface area contributed by atoms with Crippen LogP contribution in [0.2, 0.25) is 0 Å². The highest BCUT2D eigenvalue weighted by atomic mass is 32.1. The largest absolute Gasteiger partial charge is 0.416 e. The van der Waals surface area contributed by atoms with Crippen LogP contribution in [0.3, 0.4) is 0 Å². The van der Waals surface area contributed by atoms with Crippen molar-refractivity contribution < 1.29 is 22.8 Å². The quantitative estimate of drug-likeness (QED) is 0.497. The molecule has 0 unspecified atom stereocenters. The van der Waals surface area contributed by atoms with Crippen LogP contribution in [0, 0.1) is 0 Å². The summed E-state index contributed by atoms with van der Waals surface area (Å²) in [7, 11) is 0. The Morgan fingerprint density at radius 3 is 2.32 bits per heavy atom. The average Bonchev–Trinajstić information content (AvgIpc) is 3.43. The lowest BCUT2D eigenvalue weighted by Gasteiger charge is -2.36. The van der Waals surface area contributed by atoms with Crippen molar-refractivity contribution in [3.8, 4) is 0 Å². The van der Waals surface area contributed by atoms with Gasteiger partial charge in [0, 0.05) is 68.6 Å². The molecule has 2 amide bonds. The minimum absolute atomic E-state index is 0.0224. The number of piperidine rings is 1. The molecule has 0 spiro atoms. The Balaban J connectivity index is 1.15. The maximum Gasteiger partial charge on any atom is 0.416 e. The first kappa shape index (κ1) is 25.2. The van der Waals surface area contributed by atoms with Crippen LogP contribution in [0.15, 0.2) is 54.2 Å². The van der Waals surface area contributed by atoms with E-state index in [0.717, 1.165) is 30.0 Å². The SMILES string of the molecule is O=C(c1cccnc1)N1CCC(c2nc(C(=O)N3CCN(c4cccc(C(F)(F)F)c4)CC3)cs2)CC1. The number of carbonyl (C=O) groups is 2. The van der Waals surface area contributed by atoms with Crippen molar-refractivity contribution in [3.63, 3.8) is 0 Å². The van der Waals surface area contributed by atoms with Crippen LogP contribution in [0.5, 0.6) is 0 Å². The minimum Gasteiger partial charge on any atom is -0.368 e. The van der Waals surface area contributed by atoms with Gasteiger partial charge < -0.3 is 14.7 Å². The predicted octanol–water partition coefficient (Wildman–Crippen LogP) is 4.54. The minimum atomic E-state index is -4.39. The van der Waals surface area contributed by atoms with E-state index in [9.17, 15) is 22.8 Å². The van der Waals surface area contributed by atoms with Gasteiger partial charge in [0.25, 0.3) is 11.8 Å². The zero-order valence-corrected chi connectivity index (χ0v) is 20.8. The number of amides is 2. The molecule has 3 aromatic rings. The number of carbonyl (C=O) groups excluding carboxylic acids is 2. The first-order chi connectivity index (χ1) is 17.8. The summed E-state index contributed by atoms with van der Waals surface area (Å²) in [5.41, 5.74) is 0.814. The highest BCUT2D eigenvalue weighted by molar-refractivity contribution is 7.09. The van der Waals surface area contributed by atoms with Gasteiger partial charge in [0.2, 0.25) is 0 Å². The van der Waals surface area contributed by atoms with E-state index in [1.165, 1.54) is 17.4 Å². The van der Waals surface area contributed by atoms with Crippen molar-refractivity contribution in [1.82, 2.24) is 19.8 Å². The summed E-state index contributed by atoms with van der Waals surface area (Å²) in [6, 6.07) is 8.80. The Morgan fingerprint density at radius 2 is 1.65 bits per heavy atom. The molecular weight excluding hydrogens is 503 g/mol. The third-order valence-electron chi connectivity index (χ3n) is 6.89. The zero-order chi connectivity index (χ0) is 26.0. The molecule has 2 aliphatic heterocycles. The van der Waals surface area contributed by atoms with E-state index in [2.05, 4.69) is 9.97 Å². The molecule has 7 nitrogen and oxygen atoms in total. The molecule has 0 N–H and O–H groups in total. The van der Waals surface area contributed by atoms with Crippen molar-refractivity contribution in [1.29, 1.82) is 0 Å². The zero-order valence-electron chi connectivity index (χ0n) is 20.0. The Hall–Kier alpha value is -3.47. The van der Waals surface area contributed by atoms with Gasteiger partial charge in [-0.2, -0.15) is 13.2 Å². The van der Waals surface area contributed by atoms with Gasteiger partial charge in [-0.1, -0.05) is 6.07 Å². The second-order valence-electron chi connectivity index (χ2n) is 9.21. The monoisotopic (exact) mass is 529 g/mol. The molecule has 0 aliphatic carbocycles. The Labute approximate surface area is 216 Å². The van der Waals surface area contributed by atoms with Crippen LogP contribution >= 0.6 is 11.3 Å². The summed E-state index contributed by atoms with van der Waals surface area (Å²) in [6.07, 6.45) is 0.389. The smallest absolute Gasteiger partial charge is 0.368 e. The van der Waals surface area contributed by atoms with Crippen molar-refractivity contribution in [2.45, 2.75) is 24.9 Å². The number of alkyl halides is 3. The molecule has 4 heterocycles. The van der Waals surface area contributed by atoms with E-state index >= 15 is 0 Å². The van der Waals surface area contributed by atoms with Gasteiger partial charge in [-0.15, -0.1) is 11.3 Å². The lowest BCUT2D eigenvalue weighted by molar-refractivity contribution is -0.137. The van der Waals surface area contributed by atoms with E-state index in [0.29, 0.717) is 56.2 Å².